The molecule has 1 saturated heterocycles. The highest BCUT2D eigenvalue weighted by molar-refractivity contribution is 5.77. The topological polar surface area (TPSA) is 55.6 Å². The van der Waals surface area contributed by atoms with Crippen LogP contribution in [-0.2, 0) is 9.53 Å². The predicted octanol–water partition coefficient (Wildman–Crippen LogP) is 0.934. The molecule has 1 fully saturated rings. The van der Waals surface area contributed by atoms with Crippen LogP contribution in [0.25, 0.3) is 0 Å². The number of esters is 1. The normalized spacial score (nSPS) is 22.4. The van der Waals surface area contributed by atoms with Crippen LogP contribution in [0.15, 0.2) is 30.3 Å². The molecule has 1 aromatic rings. The lowest BCUT2D eigenvalue weighted by Crippen LogP contribution is -2.29. The van der Waals surface area contributed by atoms with Gasteiger partial charge in [0.15, 0.2) is 0 Å². The van der Waals surface area contributed by atoms with E-state index >= 15 is 0 Å². The zero-order valence-electron chi connectivity index (χ0n) is 10.0. The lowest BCUT2D eigenvalue weighted by Gasteiger charge is -2.16. The highest BCUT2D eigenvalue weighted by atomic mass is 16.5. The van der Waals surface area contributed by atoms with Crippen LogP contribution in [0.2, 0.25) is 0 Å². The van der Waals surface area contributed by atoms with Crippen molar-refractivity contribution >= 4 is 5.97 Å². The first-order valence-corrected chi connectivity index (χ1v) is 5.86. The van der Waals surface area contributed by atoms with Gasteiger partial charge in [-0.25, -0.2) is 4.79 Å². The summed E-state index contributed by atoms with van der Waals surface area (Å²) in [5.74, 6) is -0.337. The molecule has 0 aliphatic carbocycles. The van der Waals surface area contributed by atoms with Crippen LogP contribution < -0.4 is 5.73 Å². The van der Waals surface area contributed by atoms with Gasteiger partial charge in [0.2, 0.25) is 0 Å². The molecule has 2 unspecified atom stereocenters. The van der Waals surface area contributed by atoms with Gasteiger partial charge in [-0.05, 0) is 19.0 Å². The fourth-order valence-electron chi connectivity index (χ4n) is 2.02. The Morgan fingerprint density at radius 1 is 1.47 bits per heavy atom. The highest BCUT2D eigenvalue weighted by Gasteiger charge is 2.26. The van der Waals surface area contributed by atoms with Gasteiger partial charge in [0.1, 0.15) is 12.1 Å². The summed E-state index contributed by atoms with van der Waals surface area (Å²) in [5.41, 5.74) is 6.66. The van der Waals surface area contributed by atoms with E-state index in [4.69, 9.17) is 10.5 Å². The van der Waals surface area contributed by atoms with E-state index < -0.39 is 6.04 Å². The average molecular weight is 234 g/mol. The van der Waals surface area contributed by atoms with Crippen molar-refractivity contribution in [2.45, 2.75) is 18.6 Å². The third kappa shape index (κ3) is 3.05. The molecule has 0 radical (unpaired) electrons. The number of nitrogens with two attached hydrogens (primary N) is 1. The fraction of sp³-hybridized carbons (Fsp3) is 0.462. The van der Waals surface area contributed by atoms with Gasteiger partial charge in [-0.15, -0.1) is 0 Å². The Kier molecular flexibility index (Phi) is 3.76. The van der Waals surface area contributed by atoms with Crippen molar-refractivity contribution < 1.29 is 9.53 Å². The number of hydrogen-bond donors (Lipinski definition) is 1. The maximum atomic E-state index is 11.8. The van der Waals surface area contributed by atoms with Gasteiger partial charge in [-0.1, -0.05) is 30.3 Å². The van der Waals surface area contributed by atoms with Gasteiger partial charge in [0.25, 0.3) is 0 Å². The minimum atomic E-state index is -0.679. The van der Waals surface area contributed by atoms with Crippen LogP contribution in [0.4, 0.5) is 0 Å². The van der Waals surface area contributed by atoms with Crippen molar-refractivity contribution in [3.8, 4) is 0 Å². The van der Waals surface area contributed by atoms with Crippen molar-refractivity contribution in [3.63, 3.8) is 0 Å². The maximum absolute atomic E-state index is 11.8. The third-order valence-corrected chi connectivity index (χ3v) is 3.04. The van der Waals surface area contributed by atoms with Gasteiger partial charge in [-0.2, -0.15) is 0 Å². The van der Waals surface area contributed by atoms with Crippen LogP contribution in [0.3, 0.4) is 0 Å². The molecule has 0 spiro atoms. The van der Waals surface area contributed by atoms with Gasteiger partial charge in [0, 0.05) is 13.1 Å². The molecule has 17 heavy (non-hydrogen) atoms. The number of ether oxygens (including phenoxy) is 1. The quantitative estimate of drug-likeness (QED) is 0.791. The molecular formula is C13H18N2O2. The molecule has 1 aromatic carbocycles. The molecule has 1 aliphatic rings. The third-order valence-electron chi connectivity index (χ3n) is 3.04. The molecular weight excluding hydrogens is 216 g/mol. The summed E-state index contributed by atoms with van der Waals surface area (Å²) in [6.07, 6.45) is 0.881. The van der Waals surface area contributed by atoms with Crippen LogP contribution >= 0.6 is 0 Å². The van der Waals surface area contributed by atoms with E-state index in [1.54, 1.807) is 0 Å². The molecule has 0 saturated carbocycles. The van der Waals surface area contributed by atoms with E-state index in [-0.39, 0.29) is 12.1 Å². The molecule has 2 rings (SSSR count). The number of carbonyl (C=O) groups excluding carboxylic acids is 1. The van der Waals surface area contributed by atoms with Crippen LogP contribution in [0, 0.1) is 0 Å². The molecule has 1 heterocycles. The first-order chi connectivity index (χ1) is 8.16. The number of hydrogen-bond acceptors (Lipinski definition) is 4. The Balaban J connectivity index is 1.92. The second-order valence-electron chi connectivity index (χ2n) is 4.50. The Bertz CT molecular complexity index is 380. The lowest BCUT2D eigenvalue weighted by atomic mass is 10.1. The molecule has 0 bridgehead atoms. The van der Waals surface area contributed by atoms with E-state index in [2.05, 4.69) is 4.90 Å². The number of rotatable bonds is 3. The van der Waals surface area contributed by atoms with Gasteiger partial charge < -0.3 is 15.4 Å². The predicted molar refractivity (Wildman–Crippen MR) is 65.4 cm³/mol. The molecule has 0 aromatic heterocycles. The number of carbonyl (C=O) groups is 1. The Morgan fingerprint density at radius 3 is 2.76 bits per heavy atom. The summed E-state index contributed by atoms with van der Waals surface area (Å²) < 4.78 is 5.39. The number of likely N-dealkylation sites (N-methyl/N-ethyl adjacent to an activating group) is 1. The Hall–Kier alpha value is -1.39. The second-order valence-corrected chi connectivity index (χ2v) is 4.50. The maximum Gasteiger partial charge on any atom is 0.327 e. The van der Waals surface area contributed by atoms with Crippen molar-refractivity contribution in [1.82, 2.24) is 4.90 Å². The SMILES string of the molecule is CN1CCC(OC(=O)C(N)c2ccccc2)C1. The second kappa shape index (κ2) is 5.29. The summed E-state index contributed by atoms with van der Waals surface area (Å²) in [6, 6.07) is 8.63. The smallest absolute Gasteiger partial charge is 0.327 e. The lowest BCUT2D eigenvalue weighted by molar-refractivity contribution is -0.150. The number of benzene rings is 1. The largest absolute Gasteiger partial charge is 0.460 e. The first-order valence-electron chi connectivity index (χ1n) is 5.86. The molecule has 1 aliphatic heterocycles. The number of likely N-dealkylation sites (tertiary alicyclic amines) is 1. The van der Waals surface area contributed by atoms with E-state index in [1.165, 1.54) is 0 Å². The van der Waals surface area contributed by atoms with Gasteiger partial charge in [-0.3, -0.25) is 0 Å². The standard InChI is InChI=1S/C13H18N2O2/c1-15-8-7-11(9-15)17-13(16)12(14)10-5-3-2-4-6-10/h2-6,11-12H,7-9,14H2,1H3. The molecule has 92 valence electrons. The molecule has 2 N–H and O–H groups in total. The zero-order valence-corrected chi connectivity index (χ0v) is 10.0. The molecule has 4 nitrogen and oxygen atoms in total. The van der Waals surface area contributed by atoms with Crippen LogP contribution in [-0.4, -0.2) is 37.1 Å². The minimum Gasteiger partial charge on any atom is -0.460 e. The summed E-state index contributed by atoms with van der Waals surface area (Å²) in [7, 11) is 2.02. The van der Waals surface area contributed by atoms with Crippen LogP contribution in [0.5, 0.6) is 0 Å². The van der Waals surface area contributed by atoms with Crippen molar-refractivity contribution in [2.75, 3.05) is 20.1 Å². The highest BCUT2D eigenvalue weighted by Crippen LogP contribution is 2.16. The Morgan fingerprint density at radius 2 is 2.18 bits per heavy atom. The van der Waals surface area contributed by atoms with Gasteiger partial charge >= 0.3 is 5.97 Å². The van der Waals surface area contributed by atoms with Crippen molar-refractivity contribution in [3.05, 3.63) is 35.9 Å². The van der Waals surface area contributed by atoms with E-state index in [0.717, 1.165) is 25.1 Å². The van der Waals surface area contributed by atoms with Crippen molar-refractivity contribution in [1.29, 1.82) is 0 Å². The van der Waals surface area contributed by atoms with Crippen LogP contribution in [0.1, 0.15) is 18.0 Å². The number of nitrogens with zero attached hydrogens (tertiary/aromatic N) is 1. The molecule has 0 amide bonds. The van der Waals surface area contributed by atoms with Crippen molar-refractivity contribution in [2.24, 2.45) is 5.73 Å². The summed E-state index contributed by atoms with van der Waals surface area (Å²) >= 11 is 0. The fourth-order valence-corrected chi connectivity index (χ4v) is 2.02. The summed E-state index contributed by atoms with van der Waals surface area (Å²) in [4.78, 5) is 14.0. The Labute approximate surface area is 101 Å². The van der Waals surface area contributed by atoms with Gasteiger partial charge in [0.05, 0.1) is 0 Å². The molecule has 2 atom stereocenters. The monoisotopic (exact) mass is 234 g/mol. The zero-order chi connectivity index (χ0) is 12.3. The first kappa shape index (κ1) is 12.1. The minimum absolute atomic E-state index is 0.0118. The summed E-state index contributed by atoms with van der Waals surface area (Å²) in [6.45, 7) is 1.77. The molecule has 4 heteroatoms. The van der Waals surface area contributed by atoms with E-state index in [9.17, 15) is 4.79 Å². The van der Waals surface area contributed by atoms with E-state index in [1.807, 2.05) is 37.4 Å². The summed E-state index contributed by atoms with van der Waals surface area (Å²) in [5, 5.41) is 0. The average Bonchev–Trinajstić information content (AvgIpc) is 2.75. The van der Waals surface area contributed by atoms with E-state index in [0.29, 0.717) is 0 Å².